The number of ether oxygens (including phenoxy) is 9. The number of aromatic nitrogens is 10. The lowest BCUT2D eigenvalue weighted by Gasteiger charge is -2.16. The average molecular weight is 1600 g/mol. The third-order valence-corrected chi connectivity index (χ3v) is 17.5. The van der Waals surface area contributed by atoms with Gasteiger partial charge in [-0.15, -0.1) is 0 Å². The molecule has 2 aromatic carbocycles. The highest BCUT2D eigenvalue weighted by Crippen LogP contribution is 2.32. The second-order valence-electron chi connectivity index (χ2n) is 26.5. The Kier molecular flexibility index (Phi) is 35.3. The zero-order chi connectivity index (χ0) is 82.8. The second kappa shape index (κ2) is 45.7. The summed E-state index contributed by atoms with van der Waals surface area (Å²) in [5.74, 6) is -1.85. The molecule has 10 N–H and O–H groups in total. The van der Waals surface area contributed by atoms with E-state index in [2.05, 4.69) is 72.7 Å². The summed E-state index contributed by atoms with van der Waals surface area (Å²) < 4.78 is 57.7. The number of H-pyrrole nitrogens is 1. The molecule has 8 rings (SSSR count). The fourth-order valence-electron chi connectivity index (χ4n) is 11.7. The van der Waals surface area contributed by atoms with E-state index in [4.69, 9.17) is 47.6 Å². The number of nitrogens with one attached hydrogen (secondary N) is 10. The standard InChI is InChI=1S/C76H104N20O19/c1-49-41-51(67-84-55-44-53(107-9)45-57(108-10)64(55)72(102)90-67)42-50(2)66(49)115-40-39-114-38-37-113-36-35-112-34-33-111-32-31-110-30-29-109-28-17-61(98)78-19-12-25-91(3)24-11-18-77-60(97)13-20-82-74(104)69-88-58(47-95(69)7)86-63(100)15-22-81-73(103)65-54(16-26-92(65)4)85-76(106)70-89-59(48-96(70)8)87-62(99)14-21-80-71(101)56-43-52(46-94(56)6)83-75(105)68-79-23-27-93(68)5/h16,23,26-27,41-48H,11-15,17-22,24-25,28-40H2,1-10H3,(H,77,97)(H,78,98)(H,80,101)(H,81,103)(H,82,104)(H,83,105)(H,85,106)(H,86,100)(H,87,99)(H,84,90,102). The van der Waals surface area contributed by atoms with E-state index in [1.54, 1.807) is 77.6 Å². The lowest BCUT2D eigenvalue weighted by Crippen LogP contribution is -2.33. The van der Waals surface area contributed by atoms with Gasteiger partial charge in [0, 0.05) is 149 Å². The van der Waals surface area contributed by atoms with Crippen LogP contribution in [0.4, 0.5) is 23.0 Å². The van der Waals surface area contributed by atoms with E-state index in [0.717, 1.165) is 35.4 Å². The van der Waals surface area contributed by atoms with Crippen LogP contribution >= 0.6 is 0 Å². The number of aromatic amines is 1. The smallest absolute Gasteiger partial charge is 0.291 e. The minimum absolute atomic E-state index is 0.0112. The average Bonchev–Trinajstić information content (AvgIpc) is 1.26. The van der Waals surface area contributed by atoms with E-state index in [0.29, 0.717) is 139 Å². The molecule has 115 heavy (non-hydrogen) atoms. The number of fused-ring (bicyclic) bond motifs is 1. The van der Waals surface area contributed by atoms with Gasteiger partial charge in [0.05, 0.1) is 110 Å². The van der Waals surface area contributed by atoms with Crippen molar-refractivity contribution in [3.05, 3.63) is 124 Å². The fourth-order valence-corrected chi connectivity index (χ4v) is 11.7. The normalized spacial score (nSPS) is 11.2. The largest absolute Gasteiger partial charge is 0.497 e. The fraction of sp³-hybridized carbons (Fsp3) is 0.474. The van der Waals surface area contributed by atoms with E-state index in [1.165, 1.54) is 56.1 Å². The number of hydrogen-bond acceptors (Lipinski definition) is 24. The number of hydrogen-bond donors (Lipinski definition) is 10. The molecule has 0 fully saturated rings. The molecule has 6 heterocycles. The van der Waals surface area contributed by atoms with Gasteiger partial charge < -0.3 is 123 Å². The zero-order valence-electron chi connectivity index (χ0n) is 66.5. The number of amides is 9. The van der Waals surface area contributed by atoms with E-state index in [1.807, 2.05) is 33.0 Å². The Morgan fingerprint density at radius 3 is 1.54 bits per heavy atom. The van der Waals surface area contributed by atoms with Crippen molar-refractivity contribution in [1.82, 2.24) is 79.2 Å². The van der Waals surface area contributed by atoms with Gasteiger partial charge >= 0.3 is 0 Å². The molecule has 0 unspecified atom stereocenters. The second-order valence-corrected chi connectivity index (χ2v) is 26.5. The molecule has 622 valence electrons. The molecule has 0 saturated carbocycles. The van der Waals surface area contributed by atoms with Crippen molar-refractivity contribution in [3.63, 3.8) is 0 Å². The van der Waals surface area contributed by atoms with Gasteiger partial charge in [0.15, 0.2) is 17.5 Å². The van der Waals surface area contributed by atoms with Crippen molar-refractivity contribution < 1.29 is 85.8 Å². The number of carbonyl (C=O) groups is 9. The minimum atomic E-state index is -0.695. The van der Waals surface area contributed by atoms with Crippen LogP contribution < -0.4 is 67.6 Å². The van der Waals surface area contributed by atoms with Crippen molar-refractivity contribution in [3.8, 4) is 28.6 Å². The van der Waals surface area contributed by atoms with Gasteiger partial charge in [-0.3, -0.25) is 47.9 Å². The number of aryl methyl sites for hydroxylation is 7. The highest BCUT2D eigenvalue weighted by Gasteiger charge is 2.24. The summed E-state index contributed by atoms with van der Waals surface area (Å²) >= 11 is 0. The number of anilines is 4. The van der Waals surface area contributed by atoms with Gasteiger partial charge in [0.2, 0.25) is 35.3 Å². The van der Waals surface area contributed by atoms with Crippen LogP contribution in [0.2, 0.25) is 0 Å². The van der Waals surface area contributed by atoms with Crippen LogP contribution in [-0.4, -0.2) is 259 Å². The molecule has 0 radical (unpaired) electrons. The van der Waals surface area contributed by atoms with Crippen LogP contribution in [0.3, 0.4) is 0 Å². The summed E-state index contributed by atoms with van der Waals surface area (Å²) in [5, 5.41) is 24.7. The van der Waals surface area contributed by atoms with Gasteiger partial charge in [-0.05, 0) is 82.2 Å². The Labute approximate surface area is 663 Å². The highest BCUT2D eigenvalue weighted by atomic mass is 16.6. The monoisotopic (exact) mass is 1600 g/mol. The van der Waals surface area contributed by atoms with Gasteiger partial charge in [0.25, 0.3) is 35.1 Å². The lowest BCUT2D eigenvalue weighted by atomic mass is 10.0. The van der Waals surface area contributed by atoms with Gasteiger partial charge in [-0.1, -0.05) is 0 Å². The Morgan fingerprint density at radius 1 is 0.478 bits per heavy atom. The first-order valence-corrected chi connectivity index (χ1v) is 37.4. The molecule has 39 heteroatoms. The zero-order valence-corrected chi connectivity index (χ0v) is 66.5. The maximum Gasteiger partial charge on any atom is 0.291 e. The maximum atomic E-state index is 13.5. The van der Waals surface area contributed by atoms with Crippen molar-refractivity contribution in [1.29, 1.82) is 0 Å². The van der Waals surface area contributed by atoms with Gasteiger partial charge in [-0.25, -0.2) is 19.9 Å². The van der Waals surface area contributed by atoms with Crippen LogP contribution in [-0.2, 0) is 82.8 Å². The van der Waals surface area contributed by atoms with Crippen molar-refractivity contribution in [2.24, 2.45) is 35.2 Å². The third kappa shape index (κ3) is 28.0. The van der Waals surface area contributed by atoms with E-state index < -0.39 is 41.4 Å². The Balaban J connectivity index is 0.564. The van der Waals surface area contributed by atoms with Crippen LogP contribution in [0.5, 0.6) is 17.2 Å². The SMILES string of the molecule is COc1cc(OC)c2c(=O)[nH]c(-c3cc(C)c(OCCOCCOCCOCCOCCOCCOCCC(=O)NCCCN(C)CCCNC(=O)CCNC(=O)c4nc(NC(=O)CCNC(=O)c5c(NC(=O)c6nc(NC(=O)CCNC(=O)c7cc(NC(=O)c8nccn8C)cn7C)cn6C)ccn5C)cn4C)c(C)c3)nc2c1. The summed E-state index contributed by atoms with van der Waals surface area (Å²) in [4.78, 5) is 151. The first-order valence-electron chi connectivity index (χ1n) is 37.4. The molecule has 0 aliphatic carbocycles. The molecule has 9 amide bonds. The number of nitrogens with zero attached hydrogens (tertiary/aromatic N) is 10. The van der Waals surface area contributed by atoms with E-state index in [9.17, 15) is 47.9 Å². The number of benzene rings is 2. The van der Waals surface area contributed by atoms with Crippen LogP contribution in [0, 0.1) is 13.8 Å². The molecule has 0 spiro atoms. The lowest BCUT2D eigenvalue weighted by molar-refractivity contribution is -0.122. The van der Waals surface area contributed by atoms with Crippen molar-refractivity contribution >= 4 is 87.1 Å². The van der Waals surface area contributed by atoms with Crippen molar-refractivity contribution in [2.45, 2.75) is 52.4 Å². The Hall–Kier alpha value is -11.9. The van der Waals surface area contributed by atoms with E-state index >= 15 is 0 Å². The third-order valence-electron chi connectivity index (χ3n) is 17.5. The summed E-state index contributed by atoms with van der Waals surface area (Å²) in [6.07, 6.45) is 10.5. The molecule has 0 aliphatic rings. The molecular formula is C76H104N20O19. The maximum absolute atomic E-state index is 13.5. The Bertz CT molecular complexity index is 4650. The number of imidazole rings is 3. The molecule has 8 aromatic rings. The Morgan fingerprint density at radius 2 is 0.991 bits per heavy atom. The van der Waals surface area contributed by atoms with Crippen LogP contribution in [0.1, 0.15) is 102 Å². The molecule has 0 bridgehead atoms. The quantitative estimate of drug-likeness (QED) is 0.0245. The molecule has 0 saturated heterocycles. The molecular weight excluding hydrogens is 1500 g/mol. The molecule has 39 nitrogen and oxygen atoms in total. The number of carbonyl (C=O) groups excluding carboxylic acids is 9. The van der Waals surface area contributed by atoms with Gasteiger partial charge in [0.1, 0.15) is 46.5 Å². The first kappa shape index (κ1) is 88.7. The molecule has 6 aromatic heterocycles. The molecule has 0 atom stereocenters. The highest BCUT2D eigenvalue weighted by molar-refractivity contribution is 6.08. The summed E-state index contributed by atoms with van der Waals surface area (Å²) in [7, 11) is 13.0. The summed E-state index contributed by atoms with van der Waals surface area (Å²) in [5.41, 5.74) is 3.49. The van der Waals surface area contributed by atoms with Crippen molar-refractivity contribution in [2.75, 3.05) is 174 Å². The topological polar surface area (TPSA) is 457 Å². The predicted octanol–water partition coefficient (Wildman–Crippen LogP) is 2.76. The van der Waals surface area contributed by atoms with Crippen LogP contribution in [0.25, 0.3) is 22.3 Å². The minimum Gasteiger partial charge on any atom is -0.497 e. The first-order chi connectivity index (χ1) is 55.4. The van der Waals surface area contributed by atoms with Crippen LogP contribution in [0.15, 0.2) is 78.4 Å². The van der Waals surface area contributed by atoms with Gasteiger partial charge in [-0.2, -0.15) is 0 Å². The summed E-state index contributed by atoms with van der Waals surface area (Å²) in [6.45, 7) is 11.1. The number of methoxy groups -OCH3 is 2. The molecule has 0 aliphatic heterocycles. The predicted molar refractivity (Wildman–Crippen MR) is 423 cm³/mol. The van der Waals surface area contributed by atoms with E-state index in [-0.39, 0.29) is 115 Å². The number of rotatable bonds is 51. The summed E-state index contributed by atoms with van der Waals surface area (Å²) in [6, 6.07) is 10.2.